The van der Waals surface area contributed by atoms with Crippen LogP contribution in [0.25, 0.3) is 0 Å². The van der Waals surface area contributed by atoms with Crippen LogP contribution in [0.15, 0.2) is 12.1 Å². The second kappa shape index (κ2) is 6.38. The molecule has 0 aromatic carbocycles. The fraction of sp³-hybridized carbons (Fsp3) is 0.692. The van der Waals surface area contributed by atoms with Gasteiger partial charge in [-0.1, -0.05) is 13.8 Å². The van der Waals surface area contributed by atoms with E-state index in [1.165, 1.54) is 9.75 Å². The summed E-state index contributed by atoms with van der Waals surface area (Å²) in [7, 11) is 0. The lowest BCUT2D eigenvalue weighted by Gasteiger charge is -2.29. The van der Waals surface area contributed by atoms with Gasteiger partial charge in [-0.2, -0.15) is 0 Å². The van der Waals surface area contributed by atoms with E-state index < -0.39 is 0 Å². The monoisotopic (exact) mass is 241 g/mol. The molecule has 1 rings (SSSR count). The summed E-state index contributed by atoms with van der Waals surface area (Å²) in [6.07, 6.45) is 2.05. The van der Waals surface area contributed by atoms with E-state index in [1.807, 2.05) is 11.3 Å². The van der Waals surface area contributed by atoms with Crippen LogP contribution in [-0.2, 0) is 6.54 Å². The van der Waals surface area contributed by atoms with Crippen LogP contribution in [0.3, 0.4) is 0 Å². The SMILES string of the molecule is CCC(CC)(CO)CNCc1ccc(C)s1. The minimum atomic E-state index is 0.0618. The van der Waals surface area contributed by atoms with E-state index in [-0.39, 0.29) is 12.0 Å². The van der Waals surface area contributed by atoms with Crippen LogP contribution < -0.4 is 5.32 Å². The first-order chi connectivity index (χ1) is 7.65. The van der Waals surface area contributed by atoms with Crippen molar-refractivity contribution in [2.45, 2.75) is 40.2 Å². The Morgan fingerprint density at radius 1 is 1.31 bits per heavy atom. The van der Waals surface area contributed by atoms with Gasteiger partial charge in [0.15, 0.2) is 0 Å². The highest BCUT2D eigenvalue weighted by Crippen LogP contribution is 2.24. The van der Waals surface area contributed by atoms with Gasteiger partial charge in [0, 0.05) is 34.9 Å². The van der Waals surface area contributed by atoms with Crippen molar-refractivity contribution in [3.63, 3.8) is 0 Å². The van der Waals surface area contributed by atoms with E-state index >= 15 is 0 Å². The van der Waals surface area contributed by atoms with Gasteiger partial charge < -0.3 is 10.4 Å². The number of nitrogens with one attached hydrogen (secondary N) is 1. The molecule has 0 radical (unpaired) electrons. The normalized spacial score (nSPS) is 12.0. The minimum absolute atomic E-state index is 0.0618. The van der Waals surface area contributed by atoms with Crippen LogP contribution in [0.2, 0.25) is 0 Å². The molecule has 0 aliphatic rings. The van der Waals surface area contributed by atoms with Crippen LogP contribution in [-0.4, -0.2) is 18.3 Å². The average Bonchev–Trinajstić information content (AvgIpc) is 2.71. The number of aryl methyl sites for hydroxylation is 1. The summed E-state index contributed by atoms with van der Waals surface area (Å²) in [5.41, 5.74) is 0.0618. The van der Waals surface area contributed by atoms with E-state index in [0.29, 0.717) is 0 Å². The fourth-order valence-corrected chi connectivity index (χ4v) is 2.67. The zero-order chi connectivity index (χ0) is 12.0. The van der Waals surface area contributed by atoms with E-state index in [9.17, 15) is 5.11 Å². The number of aliphatic hydroxyl groups is 1. The zero-order valence-corrected chi connectivity index (χ0v) is 11.4. The molecule has 0 saturated heterocycles. The molecule has 0 spiro atoms. The van der Waals surface area contributed by atoms with Crippen molar-refractivity contribution in [3.05, 3.63) is 21.9 Å². The summed E-state index contributed by atoms with van der Waals surface area (Å²) in [4.78, 5) is 2.73. The van der Waals surface area contributed by atoms with Gasteiger partial charge in [0.25, 0.3) is 0 Å². The van der Waals surface area contributed by atoms with Crippen molar-refractivity contribution >= 4 is 11.3 Å². The number of hydrogen-bond acceptors (Lipinski definition) is 3. The third kappa shape index (κ3) is 3.58. The molecule has 3 heteroatoms. The first kappa shape index (κ1) is 13.7. The Bertz CT molecular complexity index is 296. The molecule has 0 unspecified atom stereocenters. The van der Waals surface area contributed by atoms with Gasteiger partial charge in [-0.3, -0.25) is 0 Å². The smallest absolute Gasteiger partial charge is 0.0499 e. The fourth-order valence-electron chi connectivity index (χ4n) is 1.81. The van der Waals surface area contributed by atoms with E-state index in [0.717, 1.165) is 25.9 Å². The maximum Gasteiger partial charge on any atom is 0.0499 e. The predicted octanol–water partition coefficient (Wildman–Crippen LogP) is 2.94. The molecular weight excluding hydrogens is 218 g/mol. The summed E-state index contributed by atoms with van der Waals surface area (Å²) in [6, 6.07) is 4.33. The Morgan fingerprint density at radius 3 is 2.44 bits per heavy atom. The molecule has 0 bridgehead atoms. The number of thiophene rings is 1. The Labute approximate surface area is 103 Å². The quantitative estimate of drug-likeness (QED) is 0.769. The van der Waals surface area contributed by atoms with Crippen molar-refractivity contribution < 1.29 is 5.11 Å². The molecule has 0 amide bonds. The molecule has 0 aliphatic heterocycles. The second-order valence-corrected chi connectivity index (χ2v) is 5.85. The molecule has 16 heavy (non-hydrogen) atoms. The summed E-state index contributed by atoms with van der Waals surface area (Å²) in [5.74, 6) is 0. The second-order valence-electron chi connectivity index (χ2n) is 4.48. The first-order valence-corrected chi connectivity index (χ1v) is 6.84. The van der Waals surface area contributed by atoms with Crippen molar-refractivity contribution in [1.82, 2.24) is 5.32 Å². The maximum atomic E-state index is 9.44. The van der Waals surface area contributed by atoms with Gasteiger partial charge in [0.2, 0.25) is 0 Å². The molecule has 2 N–H and O–H groups in total. The summed E-state index contributed by atoms with van der Waals surface area (Å²) >= 11 is 1.84. The number of hydrogen-bond donors (Lipinski definition) is 2. The highest BCUT2D eigenvalue weighted by molar-refractivity contribution is 7.11. The van der Waals surface area contributed by atoms with Crippen LogP contribution >= 0.6 is 11.3 Å². The maximum absolute atomic E-state index is 9.44. The summed E-state index contributed by atoms with van der Waals surface area (Å²) in [6.45, 7) is 8.52. The lowest BCUT2D eigenvalue weighted by molar-refractivity contribution is 0.113. The van der Waals surface area contributed by atoms with Crippen LogP contribution in [0.4, 0.5) is 0 Å². The van der Waals surface area contributed by atoms with Crippen molar-refractivity contribution in [2.75, 3.05) is 13.2 Å². The third-order valence-corrected chi connectivity index (χ3v) is 4.43. The largest absolute Gasteiger partial charge is 0.396 e. The molecule has 0 aliphatic carbocycles. The first-order valence-electron chi connectivity index (χ1n) is 6.02. The molecule has 1 aromatic heterocycles. The highest BCUT2D eigenvalue weighted by atomic mass is 32.1. The molecule has 1 heterocycles. The lowest BCUT2D eigenvalue weighted by atomic mass is 9.83. The summed E-state index contributed by atoms with van der Waals surface area (Å²) < 4.78 is 0. The van der Waals surface area contributed by atoms with Gasteiger partial charge in [0.1, 0.15) is 0 Å². The Hall–Kier alpha value is -0.380. The topological polar surface area (TPSA) is 32.3 Å². The van der Waals surface area contributed by atoms with Crippen molar-refractivity contribution in [1.29, 1.82) is 0 Å². The average molecular weight is 241 g/mol. The van der Waals surface area contributed by atoms with Crippen LogP contribution in [0.5, 0.6) is 0 Å². The minimum Gasteiger partial charge on any atom is -0.396 e. The molecule has 0 atom stereocenters. The predicted molar refractivity (Wildman–Crippen MR) is 70.9 cm³/mol. The van der Waals surface area contributed by atoms with Gasteiger partial charge in [-0.15, -0.1) is 11.3 Å². The van der Waals surface area contributed by atoms with Crippen molar-refractivity contribution in [3.8, 4) is 0 Å². The van der Waals surface area contributed by atoms with E-state index in [2.05, 4.69) is 38.2 Å². The number of rotatable bonds is 7. The van der Waals surface area contributed by atoms with Gasteiger partial charge in [-0.05, 0) is 31.9 Å². The van der Waals surface area contributed by atoms with Gasteiger partial charge in [0.05, 0.1) is 0 Å². The summed E-state index contributed by atoms with van der Waals surface area (Å²) in [5, 5.41) is 12.9. The molecule has 0 saturated carbocycles. The highest BCUT2D eigenvalue weighted by Gasteiger charge is 2.24. The van der Waals surface area contributed by atoms with E-state index in [4.69, 9.17) is 0 Å². The Kier molecular flexibility index (Phi) is 5.46. The van der Waals surface area contributed by atoms with E-state index in [1.54, 1.807) is 0 Å². The van der Waals surface area contributed by atoms with Crippen molar-refractivity contribution in [2.24, 2.45) is 5.41 Å². The van der Waals surface area contributed by atoms with Gasteiger partial charge in [-0.25, -0.2) is 0 Å². The zero-order valence-electron chi connectivity index (χ0n) is 10.5. The molecule has 2 nitrogen and oxygen atoms in total. The van der Waals surface area contributed by atoms with Gasteiger partial charge >= 0.3 is 0 Å². The Morgan fingerprint density at radius 2 is 2.00 bits per heavy atom. The lowest BCUT2D eigenvalue weighted by Crippen LogP contribution is -2.36. The third-order valence-electron chi connectivity index (χ3n) is 3.43. The Balaban J connectivity index is 2.39. The molecule has 0 fully saturated rings. The number of aliphatic hydroxyl groups excluding tert-OH is 1. The molecule has 92 valence electrons. The van der Waals surface area contributed by atoms with Crippen LogP contribution in [0, 0.1) is 12.3 Å². The standard InChI is InChI=1S/C13H23NOS/c1-4-13(5-2,10-15)9-14-8-12-7-6-11(3)16-12/h6-7,14-15H,4-5,8-10H2,1-3H3. The molecular formula is C13H23NOS. The molecule has 1 aromatic rings. The van der Waals surface area contributed by atoms with Crippen LogP contribution in [0.1, 0.15) is 36.4 Å².